The van der Waals surface area contributed by atoms with Crippen LogP contribution in [0.3, 0.4) is 0 Å². The first kappa shape index (κ1) is 18.7. The van der Waals surface area contributed by atoms with E-state index in [0.29, 0.717) is 11.7 Å². The van der Waals surface area contributed by atoms with Crippen LogP contribution in [0.5, 0.6) is 0 Å². The second-order valence-electron chi connectivity index (χ2n) is 6.79. The van der Waals surface area contributed by atoms with E-state index in [0.717, 1.165) is 60.6 Å². The number of nitrogens with zero attached hydrogens (tertiary/aromatic N) is 4. The standard InChI is InChI=1S/C19H24ClN5OS/c1-2-7-21-18-17-16(15(26)12-27-17)22-19(23-18)25-10-8-24(9-11-25)14-5-3-13(20)4-6-14/h3-6,15,26H,2,7-12H2,1H3,(H,21,22,23). The zero-order valence-corrected chi connectivity index (χ0v) is 16.9. The van der Waals surface area contributed by atoms with Crippen LogP contribution in [-0.4, -0.2) is 53.6 Å². The zero-order chi connectivity index (χ0) is 18.8. The first-order valence-electron chi connectivity index (χ1n) is 9.38. The third kappa shape index (κ3) is 3.95. The number of benzene rings is 1. The monoisotopic (exact) mass is 405 g/mol. The van der Waals surface area contributed by atoms with Crippen LogP contribution in [0.15, 0.2) is 29.2 Å². The molecule has 2 aromatic rings. The third-order valence-electron chi connectivity index (χ3n) is 4.88. The van der Waals surface area contributed by atoms with Crippen molar-refractivity contribution in [2.75, 3.05) is 53.6 Å². The number of piperazine rings is 1. The summed E-state index contributed by atoms with van der Waals surface area (Å²) in [5, 5.41) is 14.4. The van der Waals surface area contributed by atoms with Gasteiger partial charge in [0.15, 0.2) is 0 Å². The minimum Gasteiger partial charge on any atom is -0.386 e. The van der Waals surface area contributed by atoms with Gasteiger partial charge >= 0.3 is 0 Å². The molecule has 2 aliphatic rings. The maximum atomic E-state index is 10.3. The lowest BCUT2D eigenvalue weighted by molar-refractivity contribution is 0.200. The molecule has 0 radical (unpaired) electrons. The molecule has 3 heterocycles. The van der Waals surface area contributed by atoms with Gasteiger partial charge in [0.1, 0.15) is 11.9 Å². The molecule has 1 fully saturated rings. The molecule has 6 nitrogen and oxygen atoms in total. The highest BCUT2D eigenvalue weighted by molar-refractivity contribution is 7.99. The molecule has 1 aromatic carbocycles. The summed E-state index contributed by atoms with van der Waals surface area (Å²) in [5.41, 5.74) is 1.95. The predicted molar refractivity (Wildman–Crippen MR) is 112 cm³/mol. The van der Waals surface area contributed by atoms with Crippen molar-refractivity contribution in [1.29, 1.82) is 0 Å². The van der Waals surface area contributed by atoms with Crippen LogP contribution in [-0.2, 0) is 0 Å². The number of halogens is 1. The zero-order valence-electron chi connectivity index (χ0n) is 15.4. The summed E-state index contributed by atoms with van der Waals surface area (Å²) >= 11 is 7.62. The lowest BCUT2D eigenvalue weighted by atomic mass is 10.2. The second-order valence-corrected chi connectivity index (χ2v) is 8.26. The number of aliphatic hydroxyl groups is 1. The van der Waals surface area contributed by atoms with E-state index in [1.54, 1.807) is 11.8 Å². The highest BCUT2D eigenvalue weighted by atomic mass is 35.5. The Labute approximate surface area is 168 Å². The number of anilines is 3. The van der Waals surface area contributed by atoms with Gasteiger partial charge in [0.25, 0.3) is 0 Å². The van der Waals surface area contributed by atoms with Gasteiger partial charge in [-0.1, -0.05) is 18.5 Å². The fourth-order valence-electron chi connectivity index (χ4n) is 3.39. The van der Waals surface area contributed by atoms with Crippen molar-refractivity contribution >= 4 is 40.8 Å². The van der Waals surface area contributed by atoms with Crippen molar-refractivity contribution in [3.8, 4) is 0 Å². The minimum atomic E-state index is -0.510. The third-order valence-corrected chi connectivity index (χ3v) is 6.30. The molecule has 1 atom stereocenters. The lowest BCUT2D eigenvalue weighted by Crippen LogP contribution is -2.47. The van der Waals surface area contributed by atoms with E-state index in [1.807, 2.05) is 12.1 Å². The molecule has 8 heteroatoms. The Morgan fingerprint density at radius 3 is 2.56 bits per heavy atom. The van der Waals surface area contributed by atoms with Gasteiger partial charge in [-0.2, -0.15) is 4.98 Å². The first-order valence-corrected chi connectivity index (χ1v) is 10.7. The Morgan fingerprint density at radius 2 is 1.85 bits per heavy atom. The Bertz CT molecular complexity index is 795. The van der Waals surface area contributed by atoms with E-state index < -0.39 is 6.10 Å². The highest BCUT2D eigenvalue weighted by Gasteiger charge is 2.29. The van der Waals surface area contributed by atoms with E-state index in [-0.39, 0.29) is 0 Å². The maximum Gasteiger partial charge on any atom is 0.227 e. The van der Waals surface area contributed by atoms with Crippen molar-refractivity contribution in [1.82, 2.24) is 9.97 Å². The molecule has 0 spiro atoms. The minimum absolute atomic E-state index is 0.510. The van der Waals surface area contributed by atoms with Gasteiger partial charge in [-0.15, -0.1) is 11.8 Å². The Balaban J connectivity index is 1.51. The van der Waals surface area contributed by atoms with Crippen molar-refractivity contribution in [3.63, 3.8) is 0 Å². The molecule has 27 heavy (non-hydrogen) atoms. The number of aromatic nitrogens is 2. The summed E-state index contributed by atoms with van der Waals surface area (Å²) < 4.78 is 0. The first-order chi connectivity index (χ1) is 13.2. The van der Waals surface area contributed by atoms with Gasteiger partial charge in [0, 0.05) is 49.2 Å². The van der Waals surface area contributed by atoms with Gasteiger partial charge in [0.2, 0.25) is 5.95 Å². The molecule has 1 aromatic heterocycles. The van der Waals surface area contributed by atoms with Crippen LogP contribution in [0.25, 0.3) is 0 Å². The molecule has 0 saturated carbocycles. The average Bonchev–Trinajstić information content (AvgIpc) is 3.08. The van der Waals surface area contributed by atoms with Gasteiger partial charge in [-0.05, 0) is 30.7 Å². The van der Waals surface area contributed by atoms with Gasteiger partial charge in [-0.3, -0.25) is 0 Å². The number of fused-ring (bicyclic) bond motifs is 1. The average molecular weight is 406 g/mol. The predicted octanol–water partition coefficient (Wildman–Crippen LogP) is 3.42. The molecule has 1 saturated heterocycles. The number of rotatable bonds is 5. The van der Waals surface area contributed by atoms with Crippen molar-refractivity contribution in [2.45, 2.75) is 24.3 Å². The highest BCUT2D eigenvalue weighted by Crippen LogP contribution is 2.41. The fourth-order valence-corrected chi connectivity index (χ4v) is 4.58. The Kier molecular flexibility index (Phi) is 5.61. The molecule has 0 bridgehead atoms. The number of hydrogen-bond acceptors (Lipinski definition) is 7. The van der Waals surface area contributed by atoms with Gasteiger partial charge < -0.3 is 20.2 Å². The molecule has 0 amide bonds. The van der Waals surface area contributed by atoms with Crippen LogP contribution >= 0.6 is 23.4 Å². The molecule has 0 aliphatic carbocycles. The number of thioether (sulfide) groups is 1. The number of nitrogens with one attached hydrogen (secondary N) is 1. The van der Waals surface area contributed by atoms with Crippen LogP contribution in [0.4, 0.5) is 17.5 Å². The molecular weight excluding hydrogens is 382 g/mol. The summed E-state index contributed by atoms with van der Waals surface area (Å²) in [4.78, 5) is 15.0. The largest absolute Gasteiger partial charge is 0.386 e. The van der Waals surface area contributed by atoms with Crippen LogP contribution in [0.2, 0.25) is 5.02 Å². The summed E-state index contributed by atoms with van der Waals surface area (Å²) in [5.74, 6) is 2.22. The van der Waals surface area contributed by atoms with Gasteiger partial charge in [0.05, 0.1) is 10.6 Å². The number of aliphatic hydroxyl groups excluding tert-OH is 1. The van der Waals surface area contributed by atoms with E-state index in [1.165, 1.54) is 5.69 Å². The molecule has 2 aliphatic heterocycles. The van der Waals surface area contributed by atoms with Crippen molar-refractivity contribution in [2.24, 2.45) is 0 Å². The summed E-state index contributed by atoms with van der Waals surface area (Å²) in [6, 6.07) is 7.98. The summed E-state index contributed by atoms with van der Waals surface area (Å²) in [7, 11) is 0. The molecule has 4 rings (SSSR count). The molecular formula is C19H24ClN5OS. The van der Waals surface area contributed by atoms with Crippen LogP contribution < -0.4 is 15.1 Å². The maximum absolute atomic E-state index is 10.3. The van der Waals surface area contributed by atoms with E-state index >= 15 is 0 Å². The molecule has 1 unspecified atom stereocenters. The quantitative estimate of drug-likeness (QED) is 0.790. The normalized spacial score (nSPS) is 19.3. The molecule has 2 N–H and O–H groups in total. The summed E-state index contributed by atoms with van der Waals surface area (Å²) in [6.07, 6.45) is 0.519. The Morgan fingerprint density at radius 1 is 1.15 bits per heavy atom. The topological polar surface area (TPSA) is 64.5 Å². The molecule has 144 valence electrons. The SMILES string of the molecule is CCCNc1nc(N2CCN(c3ccc(Cl)cc3)CC2)nc2c1SCC2O. The lowest BCUT2D eigenvalue weighted by Gasteiger charge is -2.36. The van der Waals surface area contributed by atoms with E-state index in [2.05, 4.69) is 34.2 Å². The fraction of sp³-hybridized carbons (Fsp3) is 0.474. The Hall–Kier alpha value is -1.70. The van der Waals surface area contributed by atoms with Gasteiger partial charge in [-0.25, -0.2) is 4.98 Å². The summed E-state index contributed by atoms with van der Waals surface area (Å²) in [6.45, 7) is 6.49. The van der Waals surface area contributed by atoms with Crippen LogP contribution in [0.1, 0.15) is 25.1 Å². The van der Waals surface area contributed by atoms with E-state index in [9.17, 15) is 5.11 Å². The van der Waals surface area contributed by atoms with Crippen LogP contribution in [0, 0.1) is 0 Å². The smallest absolute Gasteiger partial charge is 0.227 e. The van der Waals surface area contributed by atoms with E-state index in [4.69, 9.17) is 21.6 Å². The van der Waals surface area contributed by atoms with Crippen molar-refractivity contribution < 1.29 is 5.11 Å². The second kappa shape index (κ2) is 8.12. The number of hydrogen-bond donors (Lipinski definition) is 2. The van der Waals surface area contributed by atoms with Crippen molar-refractivity contribution in [3.05, 3.63) is 35.0 Å².